The second-order valence-corrected chi connectivity index (χ2v) is 7.30. The topological polar surface area (TPSA) is 87.1 Å². The number of nitrogens with one attached hydrogen (secondary N) is 1. The van der Waals surface area contributed by atoms with Crippen LogP contribution >= 0.6 is 11.7 Å². The van der Waals surface area contributed by atoms with Crippen molar-refractivity contribution in [3.63, 3.8) is 0 Å². The van der Waals surface area contributed by atoms with Crippen molar-refractivity contribution in [2.24, 2.45) is 0 Å². The van der Waals surface area contributed by atoms with Crippen LogP contribution in [0.15, 0.2) is 24.4 Å². The molecule has 0 saturated carbocycles. The van der Waals surface area contributed by atoms with Crippen LogP contribution in [0.4, 0.5) is 17.5 Å². The van der Waals surface area contributed by atoms with Gasteiger partial charge in [0.25, 0.3) is 5.91 Å². The lowest BCUT2D eigenvalue weighted by Crippen LogP contribution is -2.31. The van der Waals surface area contributed by atoms with Gasteiger partial charge in [0.15, 0.2) is 5.82 Å². The number of carbonyl (C=O) groups is 1. The van der Waals surface area contributed by atoms with Crippen LogP contribution in [0, 0.1) is 0 Å². The van der Waals surface area contributed by atoms with E-state index < -0.39 is 0 Å². The first kappa shape index (κ1) is 17.6. The molecule has 0 radical (unpaired) electrons. The van der Waals surface area contributed by atoms with Gasteiger partial charge in [-0.2, -0.15) is 13.7 Å². The molecule has 4 rings (SSSR count). The number of anilines is 3. The van der Waals surface area contributed by atoms with Crippen molar-refractivity contribution in [2.75, 3.05) is 42.3 Å². The zero-order valence-electron chi connectivity index (χ0n) is 15.3. The summed E-state index contributed by atoms with van der Waals surface area (Å²) in [5.41, 5.74) is 2.62. The van der Waals surface area contributed by atoms with E-state index in [1.807, 2.05) is 19.0 Å². The Hall–Kier alpha value is -2.81. The molecule has 1 aliphatic heterocycles. The summed E-state index contributed by atoms with van der Waals surface area (Å²) in [7, 11) is 3.82. The van der Waals surface area contributed by atoms with Crippen molar-refractivity contribution in [1.29, 1.82) is 0 Å². The Balaban J connectivity index is 1.59. The summed E-state index contributed by atoms with van der Waals surface area (Å²) in [6, 6.07) is 5.29. The molecule has 1 aromatic carbocycles. The highest BCUT2D eigenvalue weighted by Gasteiger charge is 2.18. The van der Waals surface area contributed by atoms with Crippen LogP contribution in [0.2, 0.25) is 0 Å². The molecular formula is C18H21N7OS. The Kier molecular flexibility index (Phi) is 4.85. The van der Waals surface area contributed by atoms with Crippen molar-refractivity contribution >= 4 is 46.1 Å². The highest BCUT2D eigenvalue weighted by molar-refractivity contribution is 7.00. The van der Waals surface area contributed by atoms with E-state index in [1.165, 1.54) is 6.42 Å². The number of hydrogen-bond acceptors (Lipinski definition) is 8. The number of piperidine rings is 1. The first-order valence-electron chi connectivity index (χ1n) is 8.95. The molecule has 0 bridgehead atoms. The molecular weight excluding hydrogens is 362 g/mol. The second-order valence-electron chi connectivity index (χ2n) is 6.77. The number of carbonyl (C=O) groups excluding carboxylic acids is 1. The molecule has 0 aliphatic carbocycles. The highest BCUT2D eigenvalue weighted by Crippen LogP contribution is 2.26. The van der Waals surface area contributed by atoms with Gasteiger partial charge in [0.2, 0.25) is 5.95 Å². The van der Waals surface area contributed by atoms with E-state index in [-0.39, 0.29) is 5.91 Å². The van der Waals surface area contributed by atoms with Crippen molar-refractivity contribution in [3.05, 3.63) is 30.0 Å². The van der Waals surface area contributed by atoms with Gasteiger partial charge in [-0.3, -0.25) is 4.79 Å². The monoisotopic (exact) mass is 383 g/mol. The standard InChI is InChI=1S/C18H21N7OS/c1-24(2)16-15(11-19-18(21-16)25-8-4-3-5-9-25)20-17(26)12-6-7-13-14(10-12)23-27-22-13/h6-7,10-11H,3-5,8-9H2,1-2H3,(H,20,26). The van der Waals surface area contributed by atoms with Gasteiger partial charge in [0.1, 0.15) is 16.7 Å². The third-order valence-corrected chi connectivity index (χ3v) is 5.14. The predicted octanol–water partition coefficient (Wildman–Crippen LogP) is 2.79. The summed E-state index contributed by atoms with van der Waals surface area (Å²) in [6.07, 6.45) is 5.26. The van der Waals surface area contributed by atoms with Crippen molar-refractivity contribution < 1.29 is 4.79 Å². The van der Waals surface area contributed by atoms with Crippen LogP contribution in [0.5, 0.6) is 0 Å². The smallest absolute Gasteiger partial charge is 0.255 e. The van der Waals surface area contributed by atoms with E-state index in [9.17, 15) is 4.79 Å². The molecule has 1 fully saturated rings. The number of aromatic nitrogens is 4. The lowest BCUT2D eigenvalue weighted by atomic mass is 10.1. The lowest BCUT2D eigenvalue weighted by Gasteiger charge is -2.28. The Labute approximate surface area is 161 Å². The number of benzene rings is 1. The summed E-state index contributed by atoms with van der Waals surface area (Å²) in [6.45, 7) is 1.94. The van der Waals surface area contributed by atoms with E-state index >= 15 is 0 Å². The minimum atomic E-state index is -0.220. The van der Waals surface area contributed by atoms with Gasteiger partial charge in [-0.25, -0.2) is 4.98 Å². The fourth-order valence-corrected chi connectivity index (χ4v) is 3.67. The summed E-state index contributed by atoms with van der Waals surface area (Å²) < 4.78 is 8.35. The number of nitrogens with zero attached hydrogens (tertiary/aromatic N) is 6. The Morgan fingerprint density at radius 2 is 1.93 bits per heavy atom. The van der Waals surface area contributed by atoms with Gasteiger partial charge >= 0.3 is 0 Å². The third-order valence-electron chi connectivity index (χ3n) is 4.58. The first-order valence-corrected chi connectivity index (χ1v) is 9.68. The minimum Gasteiger partial charge on any atom is -0.361 e. The summed E-state index contributed by atoms with van der Waals surface area (Å²) in [5, 5.41) is 2.93. The van der Waals surface area contributed by atoms with Crippen LogP contribution in [-0.2, 0) is 0 Å². The zero-order valence-corrected chi connectivity index (χ0v) is 16.2. The van der Waals surface area contributed by atoms with Crippen LogP contribution in [0.25, 0.3) is 11.0 Å². The van der Waals surface area contributed by atoms with E-state index in [1.54, 1.807) is 24.4 Å². The highest BCUT2D eigenvalue weighted by atomic mass is 32.1. The summed E-state index contributed by atoms with van der Waals surface area (Å²) in [5.74, 6) is 1.18. The lowest BCUT2D eigenvalue weighted by molar-refractivity contribution is 0.102. The van der Waals surface area contributed by atoms with Gasteiger partial charge in [-0.1, -0.05) is 0 Å². The fourth-order valence-electron chi connectivity index (χ4n) is 3.16. The van der Waals surface area contributed by atoms with Crippen molar-refractivity contribution in [1.82, 2.24) is 18.7 Å². The molecule has 2 aromatic heterocycles. The van der Waals surface area contributed by atoms with Crippen LogP contribution in [0.1, 0.15) is 29.6 Å². The number of fused-ring (bicyclic) bond motifs is 1. The fraction of sp³-hybridized carbons (Fsp3) is 0.389. The van der Waals surface area contributed by atoms with Crippen molar-refractivity contribution in [2.45, 2.75) is 19.3 Å². The number of hydrogen-bond donors (Lipinski definition) is 1. The Morgan fingerprint density at radius 3 is 2.70 bits per heavy atom. The Morgan fingerprint density at radius 1 is 1.15 bits per heavy atom. The van der Waals surface area contributed by atoms with Crippen LogP contribution in [0.3, 0.4) is 0 Å². The zero-order chi connectivity index (χ0) is 18.8. The Bertz CT molecular complexity index is 965. The van der Waals surface area contributed by atoms with Crippen LogP contribution < -0.4 is 15.1 Å². The average molecular weight is 383 g/mol. The molecule has 1 saturated heterocycles. The average Bonchev–Trinajstić information content (AvgIpc) is 3.16. The summed E-state index contributed by atoms with van der Waals surface area (Å²) >= 11 is 1.14. The SMILES string of the molecule is CN(C)c1nc(N2CCCCC2)ncc1NC(=O)c1ccc2nsnc2c1. The molecule has 0 atom stereocenters. The van der Waals surface area contributed by atoms with Gasteiger partial charge in [0.05, 0.1) is 17.9 Å². The molecule has 1 amide bonds. The molecule has 1 N–H and O–H groups in total. The first-order chi connectivity index (χ1) is 13.1. The molecule has 1 aliphatic rings. The minimum absolute atomic E-state index is 0.220. The maximum Gasteiger partial charge on any atom is 0.255 e. The quantitative estimate of drug-likeness (QED) is 0.741. The largest absolute Gasteiger partial charge is 0.361 e. The maximum absolute atomic E-state index is 12.7. The number of rotatable bonds is 4. The second kappa shape index (κ2) is 7.43. The van der Waals surface area contributed by atoms with Crippen LogP contribution in [-0.4, -0.2) is 51.8 Å². The van der Waals surface area contributed by atoms with Gasteiger partial charge in [-0.15, -0.1) is 0 Å². The van der Waals surface area contributed by atoms with E-state index in [0.717, 1.165) is 48.7 Å². The molecule has 140 valence electrons. The van der Waals surface area contributed by atoms with E-state index in [2.05, 4.69) is 28.9 Å². The van der Waals surface area contributed by atoms with Gasteiger partial charge in [-0.05, 0) is 37.5 Å². The molecule has 0 unspecified atom stereocenters. The summed E-state index contributed by atoms with van der Waals surface area (Å²) in [4.78, 5) is 26.0. The molecule has 3 heterocycles. The molecule has 3 aromatic rings. The molecule has 8 nitrogen and oxygen atoms in total. The van der Waals surface area contributed by atoms with Gasteiger partial charge < -0.3 is 15.1 Å². The van der Waals surface area contributed by atoms with E-state index in [4.69, 9.17) is 0 Å². The molecule has 27 heavy (non-hydrogen) atoms. The molecule has 0 spiro atoms. The normalized spacial score (nSPS) is 14.4. The maximum atomic E-state index is 12.7. The van der Waals surface area contributed by atoms with E-state index in [0.29, 0.717) is 23.0 Å². The number of amides is 1. The molecule has 9 heteroatoms. The third kappa shape index (κ3) is 3.68. The van der Waals surface area contributed by atoms with Gasteiger partial charge in [0, 0.05) is 32.7 Å². The van der Waals surface area contributed by atoms with Crippen molar-refractivity contribution in [3.8, 4) is 0 Å². The predicted molar refractivity (Wildman–Crippen MR) is 108 cm³/mol.